The van der Waals surface area contributed by atoms with Gasteiger partial charge in [0.1, 0.15) is 17.1 Å². The molecule has 0 saturated heterocycles. The van der Waals surface area contributed by atoms with Crippen molar-refractivity contribution in [3.8, 4) is 17.1 Å². The average molecular weight is 384 g/mol. The Morgan fingerprint density at radius 3 is 2.21 bits per heavy atom. The number of carbonyl (C=O) groups is 1. The summed E-state index contributed by atoms with van der Waals surface area (Å²) in [5.41, 5.74) is 2.46. The van der Waals surface area contributed by atoms with Crippen molar-refractivity contribution < 1.29 is 19.4 Å². The molecule has 1 aromatic carbocycles. The highest BCUT2D eigenvalue weighted by atomic mass is 16.3. The molecule has 0 bridgehead atoms. The SMILES string of the molecule is CC1CCCCC1C.Cc1c2ccc(=O)cc-2oc2cc(O)ccc12.O=CO. The van der Waals surface area contributed by atoms with Crippen LogP contribution in [0, 0.1) is 18.8 Å². The van der Waals surface area contributed by atoms with E-state index in [-0.39, 0.29) is 17.7 Å². The third-order valence-corrected chi connectivity index (χ3v) is 5.49. The fourth-order valence-electron chi connectivity index (χ4n) is 3.57. The number of phenols is 1. The lowest BCUT2D eigenvalue weighted by Gasteiger charge is -2.24. The van der Waals surface area contributed by atoms with Crippen molar-refractivity contribution in [2.24, 2.45) is 11.8 Å². The highest BCUT2D eigenvalue weighted by Crippen LogP contribution is 2.33. The van der Waals surface area contributed by atoms with Crippen LogP contribution in [-0.4, -0.2) is 16.7 Å². The zero-order valence-electron chi connectivity index (χ0n) is 16.6. The van der Waals surface area contributed by atoms with E-state index in [1.807, 2.05) is 13.0 Å². The van der Waals surface area contributed by atoms with E-state index >= 15 is 0 Å². The molecular formula is C23H28O5. The van der Waals surface area contributed by atoms with E-state index in [1.165, 1.54) is 37.8 Å². The van der Waals surface area contributed by atoms with E-state index < -0.39 is 0 Å². The molecule has 2 N–H and O–H groups in total. The van der Waals surface area contributed by atoms with Gasteiger partial charge >= 0.3 is 0 Å². The topological polar surface area (TPSA) is 87.7 Å². The van der Waals surface area contributed by atoms with Gasteiger partial charge in [0.2, 0.25) is 0 Å². The Hall–Kier alpha value is -2.82. The first-order chi connectivity index (χ1) is 13.4. The molecule has 150 valence electrons. The van der Waals surface area contributed by atoms with Gasteiger partial charge in [-0.1, -0.05) is 39.5 Å². The standard InChI is InChI=1S/C14H10O3.C8H16.CH2O2/c1-8-11-4-2-9(15)6-13(11)17-14-7-10(16)3-5-12(8)14;1-7-5-3-4-6-8(7)2;2-1-3/h2-7,15H,1H3;7-8H,3-6H2,1-2H3;1H,(H,2,3). The van der Waals surface area contributed by atoms with Crippen LogP contribution >= 0.6 is 0 Å². The number of phenolic OH excluding ortho intramolecular Hbond substituents is 1. The molecule has 0 radical (unpaired) electrons. The van der Waals surface area contributed by atoms with Crippen LogP contribution in [0.4, 0.5) is 0 Å². The Balaban J connectivity index is 0.000000213. The van der Waals surface area contributed by atoms with Gasteiger partial charge < -0.3 is 14.6 Å². The van der Waals surface area contributed by atoms with E-state index in [4.69, 9.17) is 14.3 Å². The fourth-order valence-corrected chi connectivity index (χ4v) is 3.57. The Morgan fingerprint density at radius 2 is 1.64 bits per heavy atom. The smallest absolute Gasteiger partial charge is 0.290 e. The molecule has 0 spiro atoms. The van der Waals surface area contributed by atoms with Crippen molar-refractivity contribution in [3.63, 3.8) is 0 Å². The summed E-state index contributed by atoms with van der Waals surface area (Å²) >= 11 is 0. The number of carboxylic acid groups (broad SMARTS) is 1. The average Bonchev–Trinajstić information content (AvgIpc) is 2.65. The quantitative estimate of drug-likeness (QED) is 0.398. The Kier molecular flexibility index (Phi) is 7.61. The molecule has 5 heteroatoms. The second-order valence-electron chi connectivity index (χ2n) is 7.41. The molecule has 1 aromatic rings. The van der Waals surface area contributed by atoms with Crippen LogP contribution in [0.15, 0.2) is 45.6 Å². The molecule has 2 aliphatic carbocycles. The largest absolute Gasteiger partial charge is 0.508 e. The van der Waals surface area contributed by atoms with Crippen LogP contribution in [0.2, 0.25) is 0 Å². The maximum absolute atomic E-state index is 11.3. The minimum absolute atomic E-state index is 0.0832. The van der Waals surface area contributed by atoms with E-state index in [0.717, 1.165) is 28.3 Å². The molecule has 4 rings (SSSR count). The van der Waals surface area contributed by atoms with Gasteiger partial charge in [0.25, 0.3) is 6.47 Å². The third kappa shape index (κ3) is 5.35. The minimum atomic E-state index is -0.250. The first-order valence-corrected chi connectivity index (χ1v) is 9.61. The van der Waals surface area contributed by atoms with Crippen LogP contribution in [0.25, 0.3) is 22.3 Å². The fraction of sp³-hybridized carbons (Fsp3) is 0.391. The van der Waals surface area contributed by atoms with Crippen molar-refractivity contribution in [1.82, 2.24) is 0 Å². The van der Waals surface area contributed by atoms with Gasteiger partial charge in [-0.15, -0.1) is 0 Å². The molecule has 5 nitrogen and oxygen atoms in total. The summed E-state index contributed by atoms with van der Waals surface area (Å²) in [5, 5.41) is 17.3. The maximum atomic E-state index is 11.3. The van der Waals surface area contributed by atoms with Crippen molar-refractivity contribution in [1.29, 1.82) is 0 Å². The first kappa shape index (κ1) is 21.5. The predicted octanol–water partition coefficient (Wildman–Crippen LogP) is 5.45. The summed E-state index contributed by atoms with van der Waals surface area (Å²) < 4.78 is 5.63. The highest BCUT2D eigenvalue weighted by molar-refractivity contribution is 5.88. The summed E-state index contributed by atoms with van der Waals surface area (Å²) in [6.45, 7) is 6.48. The van der Waals surface area contributed by atoms with Gasteiger partial charge in [0, 0.05) is 23.1 Å². The summed E-state index contributed by atoms with van der Waals surface area (Å²) in [4.78, 5) is 19.6. The van der Waals surface area contributed by atoms with E-state index in [1.54, 1.807) is 18.2 Å². The van der Waals surface area contributed by atoms with Crippen molar-refractivity contribution >= 4 is 17.4 Å². The van der Waals surface area contributed by atoms with Gasteiger partial charge in [0.15, 0.2) is 5.43 Å². The summed E-state index contributed by atoms with van der Waals surface area (Å²) in [5.74, 6) is 2.71. The number of rotatable bonds is 0. The lowest BCUT2D eigenvalue weighted by atomic mass is 9.82. The van der Waals surface area contributed by atoms with Crippen molar-refractivity contribution in [3.05, 3.63) is 52.2 Å². The molecule has 1 fully saturated rings. The van der Waals surface area contributed by atoms with E-state index in [0.29, 0.717) is 11.3 Å². The van der Waals surface area contributed by atoms with Gasteiger partial charge in [0.05, 0.1) is 0 Å². The molecule has 1 saturated carbocycles. The van der Waals surface area contributed by atoms with Gasteiger partial charge in [-0.3, -0.25) is 9.59 Å². The molecule has 2 unspecified atom stereocenters. The highest BCUT2D eigenvalue weighted by Gasteiger charge is 2.15. The lowest BCUT2D eigenvalue weighted by molar-refractivity contribution is -0.122. The number of aryl methyl sites for hydroxylation is 1. The van der Waals surface area contributed by atoms with E-state index in [2.05, 4.69) is 13.8 Å². The van der Waals surface area contributed by atoms with Crippen LogP contribution in [0.1, 0.15) is 45.1 Å². The number of aromatic hydroxyl groups is 1. The zero-order valence-corrected chi connectivity index (χ0v) is 16.6. The number of hydrogen-bond acceptors (Lipinski definition) is 4. The molecular weight excluding hydrogens is 356 g/mol. The zero-order chi connectivity index (χ0) is 20.7. The summed E-state index contributed by atoms with van der Waals surface area (Å²) in [6, 6.07) is 9.75. The molecule has 1 heterocycles. The summed E-state index contributed by atoms with van der Waals surface area (Å²) in [6.07, 6.45) is 5.90. The van der Waals surface area contributed by atoms with Gasteiger partial charge in [-0.25, -0.2) is 0 Å². The minimum Gasteiger partial charge on any atom is -0.508 e. The maximum Gasteiger partial charge on any atom is 0.290 e. The lowest BCUT2D eigenvalue weighted by Crippen LogP contribution is -2.12. The van der Waals surface area contributed by atoms with Gasteiger partial charge in [-0.2, -0.15) is 0 Å². The van der Waals surface area contributed by atoms with Crippen LogP contribution in [-0.2, 0) is 4.79 Å². The molecule has 3 aliphatic rings. The van der Waals surface area contributed by atoms with Crippen LogP contribution < -0.4 is 5.43 Å². The van der Waals surface area contributed by atoms with Crippen molar-refractivity contribution in [2.75, 3.05) is 0 Å². The number of fused-ring (bicyclic) bond motifs is 2. The van der Waals surface area contributed by atoms with Crippen LogP contribution in [0.5, 0.6) is 5.75 Å². The number of hydrogen-bond donors (Lipinski definition) is 2. The molecule has 2 atom stereocenters. The van der Waals surface area contributed by atoms with E-state index in [9.17, 15) is 9.90 Å². The second kappa shape index (κ2) is 9.93. The number of benzene rings is 2. The molecule has 28 heavy (non-hydrogen) atoms. The molecule has 1 aliphatic heterocycles. The monoisotopic (exact) mass is 384 g/mol. The Morgan fingerprint density at radius 1 is 1.04 bits per heavy atom. The molecule has 0 amide bonds. The van der Waals surface area contributed by atoms with Crippen molar-refractivity contribution in [2.45, 2.75) is 46.5 Å². The second-order valence-corrected chi connectivity index (χ2v) is 7.41. The normalized spacial score (nSPS) is 18.5. The third-order valence-electron chi connectivity index (χ3n) is 5.49. The predicted molar refractivity (Wildman–Crippen MR) is 111 cm³/mol. The Bertz CT molecular complexity index is 933. The van der Waals surface area contributed by atoms with Crippen LogP contribution in [0.3, 0.4) is 0 Å². The first-order valence-electron chi connectivity index (χ1n) is 9.61. The summed E-state index contributed by atoms with van der Waals surface area (Å²) in [7, 11) is 0. The Labute approximate surface area is 165 Å². The molecule has 0 aromatic heterocycles. The van der Waals surface area contributed by atoms with Gasteiger partial charge in [-0.05, 0) is 48.6 Å².